The molecule has 1 unspecified atom stereocenters. The number of amides is 1. The zero-order chi connectivity index (χ0) is 13.6. The molecular formula is C13H13Cl2N3O. The van der Waals surface area contributed by atoms with Crippen LogP contribution in [0.1, 0.15) is 18.3 Å². The van der Waals surface area contributed by atoms with Crippen LogP contribution in [-0.2, 0) is 10.7 Å². The lowest BCUT2D eigenvalue weighted by Crippen LogP contribution is -2.25. The van der Waals surface area contributed by atoms with E-state index in [4.69, 9.17) is 23.2 Å². The van der Waals surface area contributed by atoms with Crippen LogP contribution >= 0.6 is 23.2 Å². The van der Waals surface area contributed by atoms with E-state index in [0.29, 0.717) is 16.4 Å². The number of benzene rings is 1. The van der Waals surface area contributed by atoms with Crippen molar-refractivity contribution in [2.75, 3.05) is 13.6 Å². The van der Waals surface area contributed by atoms with E-state index < -0.39 is 0 Å². The number of alkyl halides is 1. The van der Waals surface area contributed by atoms with Crippen LogP contribution in [0.15, 0.2) is 18.2 Å². The van der Waals surface area contributed by atoms with Gasteiger partial charge in [-0.2, -0.15) is 0 Å². The van der Waals surface area contributed by atoms with Crippen LogP contribution in [0.4, 0.5) is 0 Å². The number of nitrogens with zero attached hydrogens (tertiary/aromatic N) is 3. The van der Waals surface area contributed by atoms with E-state index >= 15 is 0 Å². The first-order chi connectivity index (χ1) is 9.13. The van der Waals surface area contributed by atoms with E-state index in [9.17, 15) is 4.79 Å². The Balaban J connectivity index is 2.22. The molecule has 0 spiro atoms. The summed E-state index contributed by atoms with van der Waals surface area (Å²) in [5.41, 5.74) is 1.58. The number of rotatable bonds is 2. The quantitative estimate of drug-likeness (QED) is 0.800. The number of hydrogen-bond donors (Lipinski definition) is 0. The van der Waals surface area contributed by atoms with Crippen LogP contribution in [-0.4, -0.2) is 34.0 Å². The van der Waals surface area contributed by atoms with E-state index in [2.05, 4.69) is 4.98 Å². The number of imidazole rings is 1. The molecule has 1 aromatic heterocycles. The Hall–Kier alpha value is -1.26. The van der Waals surface area contributed by atoms with Gasteiger partial charge in [-0.3, -0.25) is 4.79 Å². The molecule has 0 saturated carbocycles. The van der Waals surface area contributed by atoms with Gasteiger partial charge in [-0.25, -0.2) is 4.98 Å². The van der Waals surface area contributed by atoms with Crippen molar-refractivity contribution in [3.63, 3.8) is 0 Å². The van der Waals surface area contributed by atoms with Crippen LogP contribution in [0.2, 0.25) is 5.02 Å². The largest absolute Gasteiger partial charge is 0.344 e. The maximum Gasteiger partial charge on any atom is 0.245 e. The molecule has 1 atom stereocenters. The van der Waals surface area contributed by atoms with Crippen LogP contribution in [0.5, 0.6) is 0 Å². The maximum atomic E-state index is 12.2. The third-order valence-electron chi connectivity index (χ3n) is 3.57. The molecule has 1 amide bonds. The highest BCUT2D eigenvalue weighted by atomic mass is 35.5. The van der Waals surface area contributed by atoms with Crippen molar-refractivity contribution in [1.82, 2.24) is 14.5 Å². The molecule has 0 radical (unpaired) electrons. The van der Waals surface area contributed by atoms with E-state index in [1.807, 2.05) is 23.7 Å². The van der Waals surface area contributed by atoms with Gasteiger partial charge in [0.05, 0.1) is 16.4 Å². The van der Waals surface area contributed by atoms with Gasteiger partial charge in [0.2, 0.25) is 5.91 Å². The number of para-hydroxylation sites is 1. The van der Waals surface area contributed by atoms with Crippen LogP contribution in [0.25, 0.3) is 11.0 Å². The molecular weight excluding hydrogens is 285 g/mol. The minimum atomic E-state index is -0.220. The topological polar surface area (TPSA) is 38.1 Å². The highest BCUT2D eigenvalue weighted by molar-refractivity contribution is 6.35. The maximum absolute atomic E-state index is 12.2. The Morgan fingerprint density at radius 3 is 2.89 bits per heavy atom. The van der Waals surface area contributed by atoms with Crippen molar-refractivity contribution in [3.8, 4) is 0 Å². The second kappa shape index (κ2) is 4.69. The lowest BCUT2D eigenvalue weighted by molar-refractivity contribution is -0.129. The lowest BCUT2D eigenvalue weighted by atomic mass is 10.2. The highest BCUT2D eigenvalue weighted by Gasteiger charge is 2.33. The second-order valence-corrected chi connectivity index (χ2v) is 5.38. The smallest absolute Gasteiger partial charge is 0.245 e. The minimum absolute atomic E-state index is 0.102. The number of aromatic nitrogens is 2. The number of likely N-dealkylation sites (tertiary alicyclic amines) is 1. The Morgan fingerprint density at radius 1 is 1.47 bits per heavy atom. The van der Waals surface area contributed by atoms with Crippen molar-refractivity contribution in [2.24, 2.45) is 0 Å². The summed E-state index contributed by atoms with van der Waals surface area (Å²) in [6.07, 6.45) is 0.775. The second-order valence-electron chi connectivity index (χ2n) is 4.70. The molecule has 1 fully saturated rings. The van der Waals surface area contributed by atoms with E-state index in [1.165, 1.54) is 0 Å². The monoisotopic (exact) mass is 297 g/mol. The predicted molar refractivity (Wildman–Crippen MR) is 75.6 cm³/mol. The number of fused-ring (bicyclic) bond motifs is 1. The van der Waals surface area contributed by atoms with Crippen molar-refractivity contribution in [3.05, 3.63) is 29.0 Å². The molecule has 2 heterocycles. The molecule has 3 rings (SSSR count). The number of likely N-dealkylation sites (N-methyl/N-ethyl adjacent to an activating group) is 1. The normalized spacial score (nSPS) is 19.6. The summed E-state index contributed by atoms with van der Waals surface area (Å²) in [4.78, 5) is 18.4. The summed E-state index contributed by atoms with van der Waals surface area (Å²) < 4.78 is 1.93. The molecule has 1 aliphatic heterocycles. The molecule has 1 saturated heterocycles. The molecule has 19 heavy (non-hydrogen) atoms. The molecule has 0 N–H and O–H groups in total. The molecule has 2 aromatic rings. The molecule has 4 nitrogen and oxygen atoms in total. The minimum Gasteiger partial charge on any atom is -0.344 e. The summed E-state index contributed by atoms with van der Waals surface area (Å²) >= 11 is 12.1. The lowest BCUT2D eigenvalue weighted by Gasteiger charge is -2.15. The van der Waals surface area contributed by atoms with Gasteiger partial charge in [0.25, 0.3) is 0 Å². The Kier molecular flexibility index (Phi) is 3.15. The summed E-state index contributed by atoms with van der Waals surface area (Å²) in [6.45, 7) is 0.755. The van der Waals surface area contributed by atoms with Gasteiger partial charge in [0, 0.05) is 13.6 Å². The fourth-order valence-electron chi connectivity index (χ4n) is 2.62. The standard InChI is InChI=1S/C13H13Cl2N3O/c1-17-6-5-10(13(17)19)18-9-4-2-3-8(15)12(9)16-11(18)7-14/h2-4,10H,5-7H2,1H3. The van der Waals surface area contributed by atoms with Gasteiger partial charge in [0.1, 0.15) is 17.4 Å². The summed E-state index contributed by atoms with van der Waals surface area (Å²) in [5, 5.41) is 0.585. The molecule has 1 aliphatic rings. The summed E-state index contributed by atoms with van der Waals surface area (Å²) in [5.74, 6) is 1.06. The van der Waals surface area contributed by atoms with Gasteiger partial charge < -0.3 is 9.47 Å². The van der Waals surface area contributed by atoms with Crippen LogP contribution in [0.3, 0.4) is 0 Å². The SMILES string of the molecule is CN1CCC(n2c(CCl)nc3c(Cl)cccc32)C1=O. The number of carbonyl (C=O) groups is 1. The Labute approximate surface area is 120 Å². The first kappa shape index (κ1) is 12.8. The molecule has 100 valence electrons. The van der Waals surface area contributed by atoms with Crippen LogP contribution < -0.4 is 0 Å². The van der Waals surface area contributed by atoms with Crippen molar-refractivity contribution >= 4 is 40.1 Å². The van der Waals surface area contributed by atoms with Crippen molar-refractivity contribution < 1.29 is 4.79 Å². The fraction of sp³-hybridized carbons (Fsp3) is 0.385. The molecule has 0 bridgehead atoms. The van der Waals surface area contributed by atoms with Gasteiger partial charge in [-0.1, -0.05) is 17.7 Å². The van der Waals surface area contributed by atoms with Gasteiger partial charge >= 0.3 is 0 Å². The summed E-state index contributed by atoms with van der Waals surface area (Å²) in [6, 6.07) is 5.36. The molecule has 0 aliphatic carbocycles. The molecule has 6 heteroatoms. The molecule has 1 aromatic carbocycles. The van der Waals surface area contributed by atoms with Crippen LogP contribution in [0, 0.1) is 0 Å². The number of halogens is 2. The third-order valence-corrected chi connectivity index (χ3v) is 4.12. The summed E-state index contributed by atoms with van der Waals surface area (Å²) in [7, 11) is 1.81. The van der Waals surface area contributed by atoms with Crippen molar-refractivity contribution in [2.45, 2.75) is 18.3 Å². The predicted octanol–water partition coefficient (Wildman–Crippen LogP) is 2.83. The van der Waals surface area contributed by atoms with Crippen molar-refractivity contribution in [1.29, 1.82) is 0 Å². The Morgan fingerprint density at radius 2 is 2.26 bits per heavy atom. The fourth-order valence-corrected chi connectivity index (χ4v) is 3.02. The third kappa shape index (κ3) is 1.90. The zero-order valence-corrected chi connectivity index (χ0v) is 11.9. The average molecular weight is 298 g/mol. The van der Waals surface area contributed by atoms with Gasteiger partial charge in [-0.05, 0) is 18.6 Å². The zero-order valence-electron chi connectivity index (χ0n) is 10.4. The van der Waals surface area contributed by atoms with E-state index in [-0.39, 0.29) is 17.8 Å². The van der Waals surface area contributed by atoms with E-state index in [0.717, 1.165) is 18.5 Å². The van der Waals surface area contributed by atoms with E-state index in [1.54, 1.807) is 11.0 Å². The Bertz CT molecular complexity index is 653. The number of carbonyl (C=O) groups excluding carboxylic acids is 1. The average Bonchev–Trinajstić information content (AvgIpc) is 2.92. The first-order valence-corrected chi connectivity index (χ1v) is 7.01. The highest BCUT2D eigenvalue weighted by Crippen LogP contribution is 2.31. The van der Waals surface area contributed by atoms with Gasteiger partial charge in [-0.15, -0.1) is 11.6 Å². The van der Waals surface area contributed by atoms with Gasteiger partial charge in [0.15, 0.2) is 0 Å². The number of hydrogen-bond acceptors (Lipinski definition) is 2. The first-order valence-electron chi connectivity index (χ1n) is 6.09.